The molecule has 26 heavy (non-hydrogen) atoms. The molecule has 0 radical (unpaired) electrons. The smallest absolute Gasteiger partial charge is 0.239 e. The Morgan fingerprint density at radius 1 is 1.38 bits per heavy atom. The van der Waals surface area contributed by atoms with Crippen molar-refractivity contribution < 1.29 is 9.90 Å². The number of aliphatic hydroxyl groups excluding tert-OH is 1. The van der Waals surface area contributed by atoms with Crippen LogP contribution in [-0.4, -0.2) is 64.6 Å². The van der Waals surface area contributed by atoms with Crippen molar-refractivity contribution in [3.63, 3.8) is 0 Å². The number of aliphatic hydroxyl groups is 1. The Balaban J connectivity index is 1.52. The molecule has 1 aliphatic rings. The molecule has 1 saturated heterocycles. The maximum Gasteiger partial charge on any atom is 0.239 e. The minimum absolute atomic E-state index is 0.0459. The molecule has 0 spiro atoms. The van der Waals surface area contributed by atoms with Gasteiger partial charge in [0.1, 0.15) is 5.82 Å². The molecule has 1 amide bonds. The Kier molecular flexibility index (Phi) is 6.73. The number of pyridine rings is 1. The summed E-state index contributed by atoms with van der Waals surface area (Å²) in [5, 5.41) is 16.5. The number of thiophene rings is 1. The summed E-state index contributed by atoms with van der Waals surface area (Å²) in [4.78, 5) is 21.1. The summed E-state index contributed by atoms with van der Waals surface area (Å²) in [5.74, 6) is 0.541. The topological polar surface area (TPSA) is 68.7 Å². The summed E-state index contributed by atoms with van der Waals surface area (Å²) in [7, 11) is 0. The van der Waals surface area contributed by atoms with Crippen LogP contribution in [0.2, 0.25) is 0 Å². The monoisotopic (exact) mass is 374 g/mol. The van der Waals surface area contributed by atoms with Gasteiger partial charge in [-0.05, 0) is 47.4 Å². The highest BCUT2D eigenvalue weighted by Crippen LogP contribution is 2.18. The van der Waals surface area contributed by atoms with Crippen LogP contribution < -0.4 is 5.32 Å². The second-order valence-electron chi connectivity index (χ2n) is 6.77. The van der Waals surface area contributed by atoms with E-state index >= 15 is 0 Å². The second kappa shape index (κ2) is 9.23. The third-order valence-electron chi connectivity index (χ3n) is 4.66. The average molecular weight is 375 g/mol. The molecule has 0 bridgehead atoms. The largest absolute Gasteiger partial charge is 0.396 e. The van der Waals surface area contributed by atoms with Gasteiger partial charge >= 0.3 is 0 Å². The molecule has 3 rings (SSSR count). The van der Waals surface area contributed by atoms with Crippen LogP contribution in [0.3, 0.4) is 0 Å². The maximum atomic E-state index is 12.3. The number of nitrogens with one attached hydrogen (secondary N) is 1. The first-order valence-electron chi connectivity index (χ1n) is 8.95. The molecule has 1 atom stereocenters. The lowest BCUT2D eigenvalue weighted by Gasteiger charge is -2.41. The fraction of sp³-hybridized carbons (Fsp3) is 0.474. The van der Waals surface area contributed by atoms with Gasteiger partial charge in [-0.3, -0.25) is 14.6 Å². The van der Waals surface area contributed by atoms with Gasteiger partial charge < -0.3 is 10.4 Å². The van der Waals surface area contributed by atoms with E-state index in [0.717, 1.165) is 38.2 Å². The van der Waals surface area contributed by atoms with Crippen LogP contribution in [0.1, 0.15) is 17.5 Å². The number of aryl methyl sites for hydroxylation is 1. The predicted molar refractivity (Wildman–Crippen MR) is 104 cm³/mol. The molecular weight excluding hydrogens is 348 g/mol. The highest BCUT2D eigenvalue weighted by molar-refractivity contribution is 7.07. The van der Waals surface area contributed by atoms with E-state index in [2.05, 4.69) is 36.9 Å². The highest BCUT2D eigenvalue weighted by atomic mass is 32.1. The molecule has 1 aliphatic heterocycles. The number of carbonyl (C=O) groups is 1. The number of carbonyl (C=O) groups excluding carboxylic acids is 1. The summed E-state index contributed by atoms with van der Waals surface area (Å²) < 4.78 is 0. The number of rotatable bonds is 7. The number of anilines is 1. The summed E-state index contributed by atoms with van der Waals surface area (Å²) >= 11 is 1.71. The molecule has 6 nitrogen and oxygen atoms in total. The summed E-state index contributed by atoms with van der Waals surface area (Å²) in [6, 6.07) is 6.16. The Bertz CT molecular complexity index is 690. The van der Waals surface area contributed by atoms with Gasteiger partial charge in [0.2, 0.25) is 5.91 Å². The van der Waals surface area contributed by atoms with Crippen molar-refractivity contribution in [3.8, 4) is 0 Å². The van der Waals surface area contributed by atoms with Gasteiger partial charge in [-0.2, -0.15) is 11.3 Å². The quantitative estimate of drug-likeness (QED) is 0.775. The predicted octanol–water partition coefficient (Wildman–Crippen LogP) is 1.96. The Morgan fingerprint density at radius 3 is 2.96 bits per heavy atom. The fourth-order valence-corrected chi connectivity index (χ4v) is 3.94. The van der Waals surface area contributed by atoms with Crippen LogP contribution in [0.25, 0.3) is 0 Å². The second-order valence-corrected chi connectivity index (χ2v) is 7.55. The van der Waals surface area contributed by atoms with Crippen molar-refractivity contribution in [2.45, 2.75) is 25.9 Å². The molecule has 140 valence electrons. The molecule has 2 aromatic rings. The number of aromatic nitrogens is 1. The first-order chi connectivity index (χ1) is 12.6. The lowest BCUT2D eigenvalue weighted by molar-refractivity contribution is -0.118. The molecule has 2 N–H and O–H groups in total. The van der Waals surface area contributed by atoms with Crippen molar-refractivity contribution in [1.82, 2.24) is 14.8 Å². The number of hydrogen-bond acceptors (Lipinski definition) is 6. The van der Waals surface area contributed by atoms with E-state index in [9.17, 15) is 9.90 Å². The van der Waals surface area contributed by atoms with Crippen LogP contribution in [-0.2, 0) is 11.3 Å². The van der Waals surface area contributed by atoms with Crippen LogP contribution in [0.15, 0.2) is 35.2 Å². The number of hydrogen-bond donors (Lipinski definition) is 2. The summed E-state index contributed by atoms with van der Waals surface area (Å²) in [6.07, 6.45) is 2.47. The molecular formula is C19H26N4O2S. The van der Waals surface area contributed by atoms with Gasteiger partial charge in [0.15, 0.2) is 0 Å². The van der Waals surface area contributed by atoms with Gasteiger partial charge in [-0.25, -0.2) is 4.98 Å². The van der Waals surface area contributed by atoms with E-state index in [0.29, 0.717) is 12.4 Å². The standard InChI is InChI=1S/C19H26N4O2S/c1-15-2-3-18(20-10-15)21-19(25)13-22-6-7-23(17(12-22)4-8-24)11-16-5-9-26-14-16/h2-3,5,9-10,14,17,24H,4,6-8,11-13H2,1H3,(H,20,21,25)/t17-/m0/s1. The number of piperazine rings is 1. The molecule has 1 fully saturated rings. The number of nitrogens with zero attached hydrogens (tertiary/aromatic N) is 3. The minimum atomic E-state index is -0.0459. The fourth-order valence-electron chi connectivity index (χ4n) is 3.28. The van der Waals surface area contributed by atoms with Crippen LogP contribution in [0, 0.1) is 6.92 Å². The van der Waals surface area contributed by atoms with Crippen molar-refractivity contribution in [1.29, 1.82) is 0 Å². The molecule has 2 aromatic heterocycles. The Morgan fingerprint density at radius 2 is 2.27 bits per heavy atom. The third kappa shape index (κ3) is 5.35. The summed E-state index contributed by atoms with van der Waals surface area (Å²) in [5.41, 5.74) is 2.38. The molecule has 3 heterocycles. The summed E-state index contributed by atoms with van der Waals surface area (Å²) in [6.45, 7) is 5.93. The molecule has 0 unspecified atom stereocenters. The van der Waals surface area contributed by atoms with E-state index < -0.39 is 0 Å². The molecule has 0 aromatic carbocycles. The van der Waals surface area contributed by atoms with Gasteiger partial charge in [0.05, 0.1) is 6.54 Å². The normalized spacial score (nSPS) is 18.8. The lowest BCUT2D eigenvalue weighted by atomic mass is 10.1. The molecule has 0 aliphatic carbocycles. The van der Waals surface area contributed by atoms with E-state index in [1.165, 1.54) is 5.56 Å². The molecule has 7 heteroatoms. The van der Waals surface area contributed by atoms with Gasteiger partial charge in [-0.1, -0.05) is 6.07 Å². The zero-order valence-corrected chi connectivity index (χ0v) is 15.9. The van der Waals surface area contributed by atoms with E-state index in [1.807, 2.05) is 19.1 Å². The zero-order chi connectivity index (χ0) is 18.4. The third-order valence-corrected chi connectivity index (χ3v) is 5.39. The zero-order valence-electron chi connectivity index (χ0n) is 15.1. The Labute approximate surface area is 158 Å². The van der Waals surface area contributed by atoms with Crippen molar-refractivity contribution in [2.75, 3.05) is 38.1 Å². The molecule has 0 saturated carbocycles. The average Bonchev–Trinajstić information content (AvgIpc) is 3.12. The maximum absolute atomic E-state index is 12.3. The van der Waals surface area contributed by atoms with Gasteiger partial charge in [0.25, 0.3) is 0 Å². The van der Waals surface area contributed by atoms with E-state index in [4.69, 9.17) is 0 Å². The van der Waals surface area contributed by atoms with Gasteiger partial charge in [-0.15, -0.1) is 0 Å². The highest BCUT2D eigenvalue weighted by Gasteiger charge is 2.27. The van der Waals surface area contributed by atoms with E-state index in [-0.39, 0.29) is 18.6 Å². The first kappa shape index (κ1) is 19.0. The minimum Gasteiger partial charge on any atom is -0.396 e. The van der Waals surface area contributed by atoms with Gasteiger partial charge in [0, 0.05) is 45.0 Å². The Hall–Kier alpha value is -1.80. The van der Waals surface area contributed by atoms with Crippen LogP contribution in [0.4, 0.5) is 5.82 Å². The lowest BCUT2D eigenvalue weighted by Crippen LogP contribution is -2.54. The van der Waals surface area contributed by atoms with Crippen LogP contribution >= 0.6 is 11.3 Å². The van der Waals surface area contributed by atoms with Crippen molar-refractivity contribution >= 4 is 23.1 Å². The van der Waals surface area contributed by atoms with Crippen molar-refractivity contribution in [3.05, 3.63) is 46.3 Å². The van der Waals surface area contributed by atoms with Crippen LogP contribution in [0.5, 0.6) is 0 Å². The van der Waals surface area contributed by atoms with Crippen molar-refractivity contribution in [2.24, 2.45) is 0 Å². The SMILES string of the molecule is Cc1ccc(NC(=O)CN2CCN(Cc3ccsc3)[C@@H](CCO)C2)nc1. The first-order valence-corrected chi connectivity index (χ1v) is 9.89. The van der Waals surface area contributed by atoms with E-state index in [1.54, 1.807) is 17.5 Å². The number of amides is 1.